The number of aliphatic carboxylic acids is 1. The number of morpholine rings is 1. The van der Waals surface area contributed by atoms with Crippen LogP contribution in [0.15, 0.2) is 22.7 Å². The van der Waals surface area contributed by atoms with Crippen LogP contribution in [-0.4, -0.2) is 47.7 Å². The van der Waals surface area contributed by atoms with Crippen LogP contribution < -0.4 is 0 Å². The molecule has 0 saturated carbocycles. The Morgan fingerprint density at radius 1 is 1.47 bits per heavy atom. The zero-order valence-electron chi connectivity index (χ0n) is 9.81. The van der Waals surface area contributed by atoms with Gasteiger partial charge in [0.05, 0.1) is 18.8 Å². The number of ether oxygens (including phenoxy) is 1. The Kier molecular flexibility index (Phi) is 4.16. The van der Waals surface area contributed by atoms with Gasteiger partial charge in [0, 0.05) is 11.0 Å². The third kappa shape index (κ3) is 2.93. The SMILES string of the molecule is O=C(O)[C@H]1COCCN1C(=O)c1cc(Br)ccc1F. The number of hydrogen-bond donors (Lipinski definition) is 1. The van der Waals surface area contributed by atoms with Gasteiger partial charge in [-0.25, -0.2) is 9.18 Å². The van der Waals surface area contributed by atoms with E-state index in [9.17, 15) is 14.0 Å². The molecular weight excluding hydrogens is 321 g/mol. The molecule has 1 aliphatic rings. The summed E-state index contributed by atoms with van der Waals surface area (Å²) in [4.78, 5) is 24.4. The third-order valence-corrected chi connectivity index (χ3v) is 3.33. The lowest BCUT2D eigenvalue weighted by molar-refractivity contribution is -0.147. The van der Waals surface area contributed by atoms with E-state index in [4.69, 9.17) is 9.84 Å². The molecule has 1 N–H and O–H groups in total. The van der Waals surface area contributed by atoms with E-state index < -0.39 is 23.7 Å². The first-order valence-electron chi connectivity index (χ1n) is 5.57. The van der Waals surface area contributed by atoms with Gasteiger partial charge in [-0.05, 0) is 18.2 Å². The van der Waals surface area contributed by atoms with E-state index in [1.807, 2.05) is 0 Å². The summed E-state index contributed by atoms with van der Waals surface area (Å²) in [5, 5.41) is 9.05. The zero-order valence-corrected chi connectivity index (χ0v) is 11.4. The van der Waals surface area contributed by atoms with Crippen molar-refractivity contribution in [2.75, 3.05) is 19.8 Å². The van der Waals surface area contributed by atoms with Gasteiger partial charge >= 0.3 is 5.97 Å². The number of carbonyl (C=O) groups is 2. The predicted molar refractivity (Wildman–Crippen MR) is 67.4 cm³/mol. The van der Waals surface area contributed by atoms with Crippen molar-refractivity contribution >= 4 is 27.8 Å². The molecule has 1 atom stereocenters. The number of benzene rings is 1. The van der Waals surface area contributed by atoms with E-state index in [2.05, 4.69) is 15.9 Å². The molecule has 0 aromatic heterocycles. The van der Waals surface area contributed by atoms with Crippen molar-refractivity contribution in [3.63, 3.8) is 0 Å². The van der Waals surface area contributed by atoms with Gasteiger partial charge in [0.2, 0.25) is 0 Å². The van der Waals surface area contributed by atoms with Crippen molar-refractivity contribution in [2.45, 2.75) is 6.04 Å². The van der Waals surface area contributed by atoms with Crippen LogP contribution >= 0.6 is 15.9 Å². The summed E-state index contributed by atoms with van der Waals surface area (Å²) in [6.45, 7) is 0.281. The van der Waals surface area contributed by atoms with Crippen LogP contribution in [0.5, 0.6) is 0 Å². The van der Waals surface area contributed by atoms with Gasteiger partial charge in [-0.1, -0.05) is 15.9 Å². The van der Waals surface area contributed by atoms with Gasteiger partial charge in [-0.15, -0.1) is 0 Å². The van der Waals surface area contributed by atoms with Gasteiger partial charge in [-0.3, -0.25) is 4.79 Å². The van der Waals surface area contributed by atoms with Crippen LogP contribution in [0.25, 0.3) is 0 Å². The Morgan fingerprint density at radius 3 is 2.89 bits per heavy atom. The average molecular weight is 332 g/mol. The lowest BCUT2D eigenvalue weighted by Crippen LogP contribution is -2.52. The van der Waals surface area contributed by atoms with Gasteiger partial charge in [0.25, 0.3) is 5.91 Å². The molecule has 1 aliphatic heterocycles. The molecule has 1 aromatic carbocycles. The first-order valence-corrected chi connectivity index (χ1v) is 6.36. The monoisotopic (exact) mass is 331 g/mol. The van der Waals surface area contributed by atoms with Crippen LogP contribution in [0.3, 0.4) is 0 Å². The van der Waals surface area contributed by atoms with Gasteiger partial charge in [-0.2, -0.15) is 0 Å². The van der Waals surface area contributed by atoms with Crippen molar-refractivity contribution in [3.05, 3.63) is 34.1 Å². The molecule has 1 aromatic rings. The quantitative estimate of drug-likeness (QED) is 0.892. The fourth-order valence-electron chi connectivity index (χ4n) is 1.87. The molecule has 1 fully saturated rings. The first-order chi connectivity index (χ1) is 9.00. The highest BCUT2D eigenvalue weighted by Crippen LogP contribution is 2.19. The molecule has 0 spiro atoms. The Labute approximate surface area is 117 Å². The topological polar surface area (TPSA) is 66.8 Å². The maximum atomic E-state index is 13.7. The minimum atomic E-state index is -1.16. The molecule has 102 valence electrons. The normalized spacial score (nSPS) is 19.3. The van der Waals surface area contributed by atoms with E-state index in [0.29, 0.717) is 4.47 Å². The van der Waals surface area contributed by atoms with E-state index in [1.165, 1.54) is 12.1 Å². The van der Waals surface area contributed by atoms with E-state index in [-0.39, 0.29) is 25.3 Å². The number of carboxylic acid groups (broad SMARTS) is 1. The lowest BCUT2D eigenvalue weighted by atomic mass is 10.1. The Hall–Kier alpha value is -1.47. The Morgan fingerprint density at radius 2 is 2.21 bits per heavy atom. The van der Waals surface area contributed by atoms with Crippen LogP contribution in [0.4, 0.5) is 4.39 Å². The molecule has 1 amide bonds. The molecule has 7 heteroatoms. The summed E-state index contributed by atoms with van der Waals surface area (Å²) in [5.74, 6) is -2.48. The van der Waals surface area contributed by atoms with Crippen molar-refractivity contribution < 1.29 is 23.8 Å². The van der Waals surface area contributed by atoms with Crippen LogP contribution in [0.1, 0.15) is 10.4 Å². The molecule has 1 saturated heterocycles. The van der Waals surface area contributed by atoms with Gasteiger partial charge in [0.1, 0.15) is 5.82 Å². The highest BCUT2D eigenvalue weighted by molar-refractivity contribution is 9.10. The summed E-state index contributed by atoms with van der Waals surface area (Å²) >= 11 is 3.15. The molecule has 5 nitrogen and oxygen atoms in total. The van der Waals surface area contributed by atoms with E-state index in [0.717, 1.165) is 11.0 Å². The molecule has 19 heavy (non-hydrogen) atoms. The predicted octanol–water partition coefficient (Wildman–Crippen LogP) is 1.51. The van der Waals surface area contributed by atoms with E-state index >= 15 is 0 Å². The largest absolute Gasteiger partial charge is 0.480 e. The van der Waals surface area contributed by atoms with Crippen LogP contribution in [0, 0.1) is 5.82 Å². The lowest BCUT2D eigenvalue weighted by Gasteiger charge is -2.32. The molecule has 0 bridgehead atoms. The standard InChI is InChI=1S/C12H11BrFNO4/c13-7-1-2-9(14)8(5-7)11(16)15-3-4-19-6-10(15)12(17)18/h1-2,5,10H,3-4,6H2,(H,17,18)/t10-/m1/s1. The zero-order chi connectivity index (χ0) is 14.0. The highest BCUT2D eigenvalue weighted by atomic mass is 79.9. The number of halogens is 2. The van der Waals surface area contributed by atoms with Crippen molar-refractivity contribution in [2.24, 2.45) is 0 Å². The minimum Gasteiger partial charge on any atom is -0.480 e. The summed E-state index contributed by atoms with van der Waals surface area (Å²) in [6, 6.07) is 2.89. The number of hydrogen-bond acceptors (Lipinski definition) is 3. The molecule has 0 radical (unpaired) electrons. The van der Waals surface area contributed by atoms with Gasteiger partial charge in [0.15, 0.2) is 6.04 Å². The van der Waals surface area contributed by atoms with Crippen LogP contribution in [-0.2, 0) is 9.53 Å². The van der Waals surface area contributed by atoms with Crippen molar-refractivity contribution in [1.82, 2.24) is 4.90 Å². The smallest absolute Gasteiger partial charge is 0.328 e. The third-order valence-electron chi connectivity index (χ3n) is 2.83. The van der Waals surface area contributed by atoms with E-state index in [1.54, 1.807) is 0 Å². The maximum absolute atomic E-state index is 13.7. The molecule has 1 heterocycles. The average Bonchev–Trinajstić information content (AvgIpc) is 2.40. The molecule has 0 unspecified atom stereocenters. The summed E-state index contributed by atoms with van der Waals surface area (Å²) in [5.41, 5.74) is -0.150. The Balaban J connectivity index is 2.31. The summed E-state index contributed by atoms with van der Waals surface area (Å²) in [7, 11) is 0. The number of amides is 1. The maximum Gasteiger partial charge on any atom is 0.328 e. The molecular formula is C12H11BrFNO4. The summed E-state index contributed by atoms with van der Waals surface area (Å²) in [6.07, 6.45) is 0. The second kappa shape index (κ2) is 5.66. The molecule has 0 aliphatic carbocycles. The Bertz CT molecular complexity index is 522. The number of rotatable bonds is 2. The minimum absolute atomic E-state index is 0.0866. The fourth-order valence-corrected chi connectivity index (χ4v) is 2.23. The second-order valence-electron chi connectivity index (χ2n) is 4.05. The van der Waals surface area contributed by atoms with Crippen molar-refractivity contribution in [1.29, 1.82) is 0 Å². The van der Waals surface area contributed by atoms with Crippen molar-refractivity contribution in [3.8, 4) is 0 Å². The number of nitrogens with zero attached hydrogens (tertiary/aromatic N) is 1. The van der Waals surface area contributed by atoms with Gasteiger partial charge < -0.3 is 14.7 Å². The second-order valence-corrected chi connectivity index (χ2v) is 4.97. The number of carboxylic acids is 1. The fraction of sp³-hybridized carbons (Fsp3) is 0.333. The summed E-state index contributed by atoms with van der Waals surface area (Å²) < 4.78 is 19.2. The highest BCUT2D eigenvalue weighted by Gasteiger charge is 2.34. The first kappa shape index (κ1) is 14.0. The number of carbonyl (C=O) groups excluding carboxylic acids is 1. The van der Waals surface area contributed by atoms with Crippen LogP contribution in [0.2, 0.25) is 0 Å². The molecule has 2 rings (SSSR count).